The van der Waals surface area contributed by atoms with E-state index in [-0.39, 0.29) is 23.4 Å². The fourth-order valence-electron chi connectivity index (χ4n) is 1.80. The molecule has 0 unspecified atom stereocenters. The average molecular weight is 289 g/mol. The second kappa shape index (κ2) is 6.04. The van der Waals surface area contributed by atoms with Gasteiger partial charge in [0.15, 0.2) is 0 Å². The highest BCUT2D eigenvalue weighted by Gasteiger charge is 2.13. The number of carboxylic acid groups (broad SMARTS) is 1. The van der Waals surface area contributed by atoms with Crippen molar-refractivity contribution in [2.75, 3.05) is 5.32 Å². The Bertz CT molecular complexity index is 683. The van der Waals surface area contributed by atoms with Crippen molar-refractivity contribution in [1.82, 2.24) is 0 Å². The molecule has 3 N–H and O–H groups in total. The lowest BCUT2D eigenvalue weighted by molar-refractivity contribution is -0.115. The first-order valence-corrected chi connectivity index (χ1v) is 6.06. The van der Waals surface area contributed by atoms with Crippen molar-refractivity contribution in [2.24, 2.45) is 0 Å². The predicted molar refractivity (Wildman–Crippen MR) is 73.8 cm³/mol. The van der Waals surface area contributed by atoms with Crippen molar-refractivity contribution in [1.29, 1.82) is 0 Å². The van der Waals surface area contributed by atoms with Crippen LogP contribution in [0.1, 0.15) is 15.9 Å². The van der Waals surface area contributed by atoms with Gasteiger partial charge in [-0.2, -0.15) is 0 Å². The Kier molecular flexibility index (Phi) is 4.18. The van der Waals surface area contributed by atoms with Crippen LogP contribution >= 0.6 is 0 Å². The standard InChI is InChI=1S/C15H12FNO4/c16-10-3-1-9(2-4-10)7-14(19)17-13-6-5-11(18)8-12(13)15(20)21/h1-6,8,18H,7H2,(H,17,19)(H,20,21). The van der Waals surface area contributed by atoms with E-state index in [0.29, 0.717) is 5.56 Å². The number of aromatic hydroxyl groups is 1. The SMILES string of the molecule is O=C(Cc1ccc(F)cc1)Nc1ccc(O)cc1C(=O)O. The maximum Gasteiger partial charge on any atom is 0.337 e. The number of anilines is 1. The molecule has 0 aliphatic carbocycles. The minimum atomic E-state index is -1.26. The molecule has 1 amide bonds. The zero-order valence-electron chi connectivity index (χ0n) is 10.8. The molecule has 0 radical (unpaired) electrons. The van der Waals surface area contributed by atoms with E-state index in [1.54, 1.807) is 0 Å². The van der Waals surface area contributed by atoms with Crippen molar-refractivity contribution in [3.8, 4) is 5.75 Å². The van der Waals surface area contributed by atoms with E-state index in [1.165, 1.54) is 36.4 Å². The molecule has 0 fully saturated rings. The number of aromatic carboxylic acids is 1. The Morgan fingerprint density at radius 2 is 1.76 bits per heavy atom. The number of amides is 1. The predicted octanol–water partition coefficient (Wildman–Crippen LogP) is 2.41. The largest absolute Gasteiger partial charge is 0.508 e. The minimum absolute atomic E-state index is 0.0137. The van der Waals surface area contributed by atoms with Crippen LogP contribution in [0.4, 0.5) is 10.1 Å². The van der Waals surface area contributed by atoms with E-state index in [2.05, 4.69) is 5.32 Å². The topological polar surface area (TPSA) is 86.6 Å². The van der Waals surface area contributed by atoms with Gasteiger partial charge in [-0.25, -0.2) is 9.18 Å². The fraction of sp³-hybridized carbons (Fsp3) is 0.0667. The Balaban J connectivity index is 2.12. The highest BCUT2D eigenvalue weighted by atomic mass is 19.1. The van der Waals surface area contributed by atoms with Crippen LogP contribution in [-0.4, -0.2) is 22.1 Å². The van der Waals surface area contributed by atoms with E-state index < -0.39 is 17.7 Å². The van der Waals surface area contributed by atoms with Crippen molar-refractivity contribution >= 4 is 17.6 Å². The summed E-state index contributed by atoms with van der Waals surface area (Å²) in [4.78, 5) is 22.9. The third-order valence-corrected chi connectivity index (χ3v) is 2.79. The Morgan fingerprint density at radius 1 is 1.10 bits per heavy atom. The molecule has 0 spiro atoms. The maximum atomic E-state index is 12.8. The molecule has 0 saturated carbocycles. The number of phenols is 1. The van der Waals surface area contributed by atoms with Gasteiger partial charge in [-0.3, -0.25) is 4.79 Å². The van der Waals surface area contributed by atoms with Crippen molar-refractivity contribution in [3.63, 3.8) is 0 Å². The van der Waals surface area contributed by atoms with Gasteiger partial charge < -0.3 is 15.5 Å². The molecular formula is C15H12FNO4. The number of rotatable bonds is 4. The van der Waals surface area contributed by atoms with Gasteiger partial charge in [0.25, 0.3) is 0 Å². The number of carbonyl (C=O) groups excluding carboxylic acids is 1. The number of hydrogen-bond acceptors (Lipinski definition) is 3. The monoisotopic (exact) mass is 289 g/mol. The lowest BCUT2D eigenvalue weighted by Gasteiger charge is -2.09. The van der Waals surface area contributed by atoms with Crippen molar-refractivity contribution in [3.05, 3.63) is 59.4 Å². The number of phenolic OH excluding ortho intramolecular Hbond substituents is 1. The molecular weight excluding hydrogens is 277 g/mol. The van der Waals surface area contributed by atoms with Crippen LogP contribution in [0.5, 0.6) is 5.75 Å². The molecule has 2 aromatic carbocycles. The molecule has 0 atom stereocenters. The maximum absolute atomic E-state index is 12.8. The molecule has 0 aliphatic rings. The summed E-state index contributed by atoms with van der Waals surface area (Å²) in [6.07, 6.45) is -0.0137. The zero-order chi connectivity index (χ0) is 15.4. The first kappa shape index (κ1) is 14.5. The number of benzene rings is 2. The van der Waals surface area contributed by atoms with Gasteiger partial charge in [0.2, 0.25) is 5.91 Å². The Morgan fingerprint density at radius 3 is 2.38 bits per heavy atom. The summed E-state index contributed by atoms with van der Waals surface area (Å²) < 4.78 is 12.8. The van der Waals surface area contributed by atoms with Crippen LogP contribution in [0, 0.1) is 5.82 Å². The summed E-state index contributed by atoms with van der Waals surface area (Å²) >= 11 is 0. The van der Waals surface area contributed by atoms with E-state index in [4.69, 9.17) is 5.11 Å². The summed E-state index contributed by atoms with van der Waals surface area (Å²) in [5.74, 6) is -2.30. The van der Waals surface area contributed by atoms with Crippen LogP contribution in [0.25, 0.3) is 0 Å². The second-order valence-electron chi connectivity index (χ2n) is 4.39. The molecule has 2 rings (SSSR count). The van der Waals surface area contributed by atoms with Crippen molar-refractivity contribution in [2.45, 2.75) is 6.42 Å². The second-order valence-corrected chi connectivity index (χ2v) is 4.39. The first-order chi connectivity index (χ1) is 9.95. The number of halogens is 1. The number of carbonyl (C=O) groups is 2. The minimum Gasteiger partial charge on any atom is -0.508 e. The summed E-state index contributed by atoms with van der Waals surface area (Å²) in [7, 11) is 0. The molecule has 2 aromatic rings. The Hall–Kier alpha value is -2.89. The molecule has 5 nitrogen and oxygen atoms in total. The fourth-order valence-corrected chi connectivity index (χ4v) is 1.80. The normalized spacial score (nSPS) is 10.1. The number of carboxylic acids is 1. The van der Waals surface area contributed by atoms with E-state index in [1.807, 2.05) is 0 Å². The van der Waals surface area contributed by atoms with Crippen LogP contribution in [0.15, 0.2) is 42.5 Å². The van der Waals surface area contributed by atoms with E-state index in [0.717, 1.165) is 6.07 Å². The number of nitrogens with one attached hydrogen (secondary N) is 1. The molecule has 6 heteroatoms. The van der Waals surface area contributed by atoms with Gasteiger partial charge in [0.1, 0.15) is 11.6 Å². The summed E-state index contributed by atoms with van der Waals surface area (Å²) in [6, 6.07) is 9.07. The molecule has 108 valence electrons. The van der Waals surface area contributed by atoms with Gasteiger partial charge >= 0.3 is 5.97 Å². The summed E-state index contributed by atoms with van der Waals surface area (Å²) in [6.45, 7) is 0. The highest BCUT2D eigenvalue weighted by Crippen LogP contribution is 2.21. The highest BCUT2D eigenvalue weighted by molar-refractivity contribution is 6.01. The van der Waals surface area contributed by atoms with Gasteiger partial charge in [0, 0.05) is 0 Å². The molecule has 0 aromatic heterocycles. The van der Waals surface area contributed by atoms with E-state index >= 15 is 0 Å². The van der Waals surface area contributed by atoms with Gasteiger partial charge in [-0.05, 0) is 35.9 Å². The van der Waals surface area contributed by atoms with E-state index in [9.17, 15) is 19.1 Å². The molecule has 0 aliphatic heterocycles. The van der Waals surface area contributed by atoms with Crippen LogP contribution < -0.4 is 5.32 Å². The van der Waals surface area contributed by atoms with Gasteiger partial charge in [0.05, 0.1) is 17.7 Å². The molecule has 21 heavy (non-hydrogen) atoms. The third kappa shape index (κ3) is 3.79. The summed E-state index contributed by atoms with van der Waals surface area (Å²) in [5.41, 5.74) is 0.486. The molecule has 0 heterocycles. The average Bonchev–Trinajstić information content (AvgIpc) is 2.43. The van der Waals surface area contributed by atoms with Crippen LogP contribution in [0.2, 0.25) is 0 Å². The zero-order valence-corrected chi connectivity index (χ0v) is 10.8. The summed E-state index contributed by atoms with van der Waals surface area (Å²) in [5, 5.41) is 20.7. The smallest absolute Gasteiger partial charge is 0.337 e. The molecule has 0 saturated heterocycles. The number of hydrogen-bond donors (Lipinski definition) is 3. The lowest BCUT2D eigenvalue weighted by Crippen LogP contribution is -2.16. The van der Waals surface area contributed by atoms with Gasteiger partial charge in [-0.1, -0.05) is 12.1 Å². The first-order valence-electron chi connectivity index (χ1n) is 6.06. The van der Waals surface area contributed by atoms with Crippen molar-refractivity contribution < 1.29 is 24.2 Å². The Labute approximate surface area is 119 Å². The van der Waals surface area contributed by atoms with Gasteiger partial charge in [-0.15, -0.1) is 0 Å². The molecule has 0 bridgehead atoms. The van der Waals surface area contributed by atoms with Crippen LogP contribution in [-0.2, 0) is 11.2 Å². The third-order valence-electron chi connectivity index (χ3n) is 2.79. The lowest BCUT2D eigenvalue weighted by atomic mass is 10.1. The van der Waals surface area contributed by atoms with Crippen LogP contribution in [0.3, 0.4) is 0 Å². The quantitative estimate of drug-likeness (QED) is 0.754.